The number of rotatable bonds is 6. The van der Waals surface area contributed by atoms with Gasteiger partial charge in [0.1, 0.15) is 0 Å². The second kappa shape index (κ2) is 6.27. The Morgan fingerprint density at radius 1 is 1.56 bits per heavy atom. The number of nitrogens with zero attached hydrogens (tertiary/aromatic N) is 1. The number of carbonyl (C=O) groups is 1. The number of hydrogen-bond acceptors (Lipinski definition) is 3. The average molecular weight is 224 g/mol. The molecule has 16 heavy (non-hydrogen) atoms. The Morgan fingerprint density at radius 2 is 2.31 bits per heavy atom. The summed E-state index contributed by atoms with van der Waals surface area (Å²) in [5, 5.41) is 6.06. The minimum absolute atomic E-state index is 0.0360. The number of carbonyl (C=O) groups excluding carboxylic acids is 1. The number of hydrogen-bond donors (Lipinski definition) is 3. The first-order valence-electron chi connectivity index (χ1n) is 5.64. The molecule has 0 aromatic carbocycles. The number of H-pyrrole nitrogens is 1. The fraction of sp³-hybridized carbons (Fsp3) is 0.636. The zero-order valence-electron chi connectivity index (χ0n) is 10.1. The van der Waals surface area contributed by atoms with Gasteiger partial charge in [-0.1, -0.05) is 6.92 Å². The van der Waals surface area contributed by atoms with Crippen LogP contribution in [-0.2, 0) is 11.3 Å². The molecule has 5 heteroatoms. The van der Waals surface area contributed by atoms with Crippen LogP contribution in [0.15, 0.2) is 12.5 Å². The van der Waals surface area contributed by atoms with Crippen LogP contribution < -0.4 is 10.6 Å². The molecule has 0 spiro atoms. The molecule has 1 aromatic heterocycles. The van der Waals surface area contributed by atoms with Crippen LogP contribution in [-0.4, -0.2) is 28.0 Å². The van der Waals surface area contributed by atoms with Gasteiger partial charge in [-0.3, -0.25) is 4.79 Å². The van der Waals surface area contributed by atoms with Gasteiger partial charge < -0.3 is 15.6 Å². The maximum absolute atomic E-state index is 11.7. The van der Waals surface area contributed by atoms with Gasteiger partial charge in [0.05, 0.1) is 12.4 Å². The normalized spacial score (nSPS) is 14.4. The van der Waals surface area contributed by atoms with Crippen LogP contribution in [0.2, 0.25) is 0 Å². The lowest BCUT2D eigenvalue weighted by molar-refractivity contribution is -0.123. The Balaban J connectivity index is 2.29. The summed E-state index contributed by atoms with van der Waals surface area (Å²) in [7, 11) is 0. The molecule has 0 radical (unpaired) electrons. The van der Waals surface area contributed by atoms with Gasteiger partial charge in [-0.25, -0.2) is 4.98 Å². The first-order chi connectivity index (χ1) is 7.63. The van der Waals surface area contributed by atoms with Crippen molar-refractivity contribution in [3.63, 3.8) is 0 Å². The number of nitrogens with one attached hydrogen (secondary N) is 3. The highest BCUT2D eigenvalue weighted by Crippen LogP contribution is 1.94. The Hall–Kier alpha value is -1.36. The van der Waals surface area contributed by atoms with Gasteiger partial charge in [-0.2, -0.15) is 0 Å². The van der Waals surface area contributed by atoms with Gasteiger partial charge >= 0.3 is 0 Å². The van der Waals surface area contributed by atoms with Gasteiger partial charge in [-0.15, -0.1) is 0 Å². The molecule has 0 saturated carbocycles. The van der Waals surface area contributed by atoms with Crippen LogP contribution in [0.5, 0.6) is 0 Å². The SMILES string of the molecule is CCC(C)NC(=O)C(C)NCc1cnc[nH]1. The fourth-order valence-electron chi connectivity index (χ4n) is 1.21. The molecule has 1 amide bonds. The van der Waals surface area contributed by atoms with E-state index in [1.807, 2.05) is 20.8 Å². The second-order valence-corrected chi connectivity index (χ2v) is 4.00. The molecule has 0 aliphatic carbocycles. The highest BCUT2D eigenvalue weighted by atomic mass is 16.2. The maximum atomic E-state index is 11.7. The number of imidazole rings is 1. The third kappa shape index (κ3) is 4.02. The standard InChI is InChI=1S/C11H20N4O/c1-4-8(2)15-11(16)9(3)13-6-10-5-12-7-14-10/h5,7-9,13H,4,6H2,1-3H3,(H,12,14)(H,15,16). The van der Waals surface area contributed by atoms with Gasteiger partial charge in [0.15, 0.2) is 0 Å². The lowest BCUT2D eigenvalue weighted by atomic mass is 10.2. The van der Waals surface area contributed by atoms with Crippen LogP contribution in [0.1, 0.15) is 32.9 Å². The Labute approximate surface area is 96.0 Å². The van der Waals surface area contributed by atoms with Crippen molar-refractivity contribution in [3.05, 3.63) is 18.2 Å². The van der Waals surface area contributed by atoms with E-state index >= 15 is 0 Å². The van der Waals surface area contributed by atoms with Crippen molar-refractivity contribution >= 4 is 5.91 Å². The van der Waals surface area contributed by atoms with Crippen molar-refractivity contribution in [3.8, 4) is 0 Å². The van der Waals surface area contributed by atoms with Gasteiger partial charge in [0.2, 0.25) is 5.91 Å². The Morgan fingerprint density at radius 3 is 2.88 bits per heavy atom. The Kier molecular flexibility index (Phi) is 4.98. The highest BCUT2D eigenvalue weighted by molar-refractivity contribution is 5.81. The van der Waals surface area contributed by atoms with Crippen LogP contribution in [0.3, 0.4) is 0 Å². The molecular weight excluding hydrogens is 204 g/mol. The van der Waals surface area contributed by atoms with Crippen LogP contribution in [0.4, 0.5) is 0 Å². The summed E-state index contributed by atoms with van der Waals surface area (Å²) in [6.07, 6.45) is 4.31. The summed E-state index contributed by atoms with van der Waals surface area (Å²) in [6.45, 7) is 6.52. The summed E-state index contributed by atoms with van der Waals surface area (Å²) in [5.74, 6) is 0.0360. The van der Waals surface area contributed by atoms with E-state index < -0.39 is 0 Å². The first-order valence-corrected chi connectivity index (χ1v) is 5.64. The summed E-state index contributed by atoms with van der Waals surface area (Å²) in [4.78, 5) is 18.6. The van der Waals surface area contributed by atoms with E-state index in [9.17, 15) is 4.79 Å². The number of aromatic nitrogens is 2. The topological polar surface area (TPSA) is 69.8 Å². The van der Waals surface area contributed by atoms with E-state index in [2.05, 4.69) is 20.6 Å². The lowest BCUT2D eigenvalue weighted by Crippen LogP contribution is -2.45. The molecule has 1 aromatic rings. The van der Waals surface area contributed by atoms with Gasteiger partial charge in [0.25, 0.3) is 0 Å². The minimum atomic E-state index is -0.197. The molecule has 0 aliphatic heterocycles. The molecule has 1 rings (SSSR count). The zero-order valence-corrected chi connectivity index (χ0v) is 10.1. The second-order valence-electron chi connectivity index (χ2n) is 4.00. The highest BCUT2D eigenvalue weighted by Gasteiger charge is 2.13. The quantitative estimate of drug-likeness (QED) is 0.669. The van der Waals surface area contributed by atoms with E-state index in [0.29, 0.717) is 6.54 Å². The van der Waals surface area contributed by atoms with Crippen LogP contribution in [0, 0.1) is 0 Å². The number of aromatic amines is 1. The van der Waals surface area contributed by atoms with Gasteiger partial charge in [-0.05, 0) is 20.3 Å². The van der Waals surface area contributed by atoms with Crippen molar-refractivity contribution in [2.45, 2.75) is 45.8 Å². The fourth-order valence-corrected chi connectivity index (χ4v) is 1.21. The molecule has 2 unspecified atom stereocenters. The molecule has 5 nitrogen and oxygen atoms in total. The van der Waals surface area contributed by atoms with Crippen molar-refractivity contribution < 1.29 is 4.79 Å². The predicted molar refractivity (Wildman–Crippen MR) is 62.8 cm³/mol. The average Bonchev–Trinajstić information content (AvgIpc) is 2.78. The summed E-state index contributed by atoms with van der Waals surface area (Å²) in [6, 6.07) is 0.0289. The maximum Gasteiger partial charge on any atom is 0.237 e. The summed E-state index contributed by atoms with van der Waals surface area (Å²) in [5.41, 5.74) is 0.975. The van der Waals surface area contributed by atoms with Crippen molar-refractivity contribution in [2.24, 2.45) is 0 Å². The van der Waals surface area contributed by atoms with Crippen molar-refractivity contribution in [1.82, 2.24) is 20.6 Å². The largest absolute Gasteiger partial charge is 0.352 e. The molecule has 3 N–H and O–H groups in total. The molecule has 1 heterocycles. The zero-order chi connectivity index (χ0) is 12.0. The lowest BCUT2D eigenvalue weighted by Gasteiger charge is -2.17. The number of amides is 1. The van der Waals surface area contributed by atoms with Gasteiger partial charge in [0, 0.05) is 24.5 Å². The van der Waals surface area contributed by atoms with E-state index in [0.717, 1.165) is 12.1 Å². The third-order valence-corrected chi connectivity index (χ3v) is 2.55. The third-order valence-electron chi connectivity index (χ3n) is 2.55. The molecule has 2 atom stereocenters. The minimum Gasteiger partial charge on any atom is -0.352 e. The van der Waals surface area contributed by atoms with E-state index in [1.165, 1.54) is 0 Å². The van der Waals surface area contributed by atoms with Crippen LogP contribution in [0.25, 0.3) is 0 Å². The van der Waals surface area contributed by atoms with E-state index in [-0.39, 0.29) is 18.0 Å². The van der Waals surface area contributed by atoms with Crippen LogP contribution >= 0.6 is 0 Å². The molecule has 0 bridgehead atoms. The molecular formula is C11H20N4O. The molecule has 0 saturated heterocycles. The first kappa shape index (κ1) is 12.7. The Bertz CT molecular complexity index is 310. The van der Waals surface area contributed by atoms with Crippen molar-refractivity contribution in [1.29, 1.82) is 0 Å². The molecule has 0 fully saturated rings. The van der Waals surface area contributed by atoms with Crippen molar-refractivity contribution in [2.75, 3.05) is 0 Å². The predicted octanol–water partition coefficient (Wildman–Crippen LogP) is 0.802. The van der Waals surface area contributed by atoms with E-state index in [1.54, 1.807) is 12.5 Å². The smallest absolute Gasteiger partial charge is 0.237 e. The summed E-state index contributed by atoms with van der Waals surface area (Å²) >= 11 is 0. The monoisotopic (exact) mass is 224 g/mol. The molecule has 0 aliphatic rings. The van der Waals surface area contributed by atoms with E-state index in [4.69, 9.17) is 0 Å². The molecule has 90 valence electrons. The summed E-state index contributed by atoms with van der Waals surface area (Å²) < 4.78 is 0.